The van der Waals surface area contributed by atoms with E-state index in [0.717, 1.165) is 5.01 Å². The predicted molar refractivity (Wildman–Crippen MR) is 97.9 cm³/mol. The molecule has 1 aliphatic heterocycles. The maximum absolute atomic E-state index is 12.3. The predicted octanol–water partition coefficient (Wildman–Crippen LogP) is 3.36. The van der Waals surface area contributed by atoms with Gasteiger partial charge in [0.25, 0.3) is 11.8 Å². The van der Waals surface area contributed by atoms with Gasteiger partial charge in [-0.15, -0.1) is 0 Å². The van der Waals surface area contributed by atoms with Gasteiger partial charge in [0.1, 0.15) is 0 Å². The molecule has 0 unspecified atom stereocenters. The number of hydrazone groups is 1. The first-order valence-electron chi connectivity index (χ1n) is 8.34. The Morgan fingerprint density at radius 3 is 2.27 bits per heavy atom. The molecule has 0 aliphatic carbocycles. The molecule has 2 amide bonds. The summed E-state index contributed by atoms with van der Waals surface area (Å²) in [4.78, 5) is 24.6. The molecular weight excluding hydrogens is 332 g/mol. The normalized spacial score (nSPS) is 13.6. The molecule has 0 saturated heterocycles. The van der Waals surface area contributed by atoms with Crippen molar-refractivity contribution in [2.75, 3.05) is 13.7 Å². The molecule has 2 aromatic carbocycles. The summed E-state index contributed by atoms with van der Waals surface area (Å²) >= 11 is 0. The number of fused-ring (bicyclic) bond motifs is 1. The van der Waals surface area contributed by atoms with Crippen molar-refractivity contribution >= 4 is 18.0 Å². The van der Waals surface area contributed by atoms with E-state index in [1.54, 1.807) is 49.6 Å². The molecule has 0 radical (unpaired) electrons. The first-order chi connectivity index (χ1) is 12.5. The summed E-state index contributed by atoms with van der Waals surface area (Å²) < 4.78 is 11.1. The van der Waals surface area contributed by atoms with E-state index in [1.807, 2.05) is 0 Å². The van der Waals surface area contributed by atoms with Crippen LogP contribution in [0.2, 0.25) is 0 Å². The number of hydrogen-bond acceptors (Lipinski definition) is 5. The SMILES string of the molecule is COc1cc(C=NN2C(=O)c3ccccc3C2=O)ccc1OCC(C)C. The van der Waals surface area contributed by atoms with E-state index in [9.17, 15) is 9.59 Å². The quantitative estimate of drug-likeness (QED) is 0.590. The van der Waals surface area contributed by atoms with Crippen molar-refractivity contribution in [2.24, 2.45) is 11.0 Å². The Balaban J connectivity index is 1.79. The number of methoxy groups -OCH3 is 1. The average molecular weight is 352 g/mol. The van der Waals surface area contributed by atoms with Gasteiger partial charge in [0.2, 0.25) is 0 Å². The van der Waals surface area contributed by atoms with Crippen molar-refractivity contribution in [3.8, 4) is 11.5 Å². The molecule has 26 heavy (non-hydrogen) atoms. The maximum Gasteiger partial charge on any atom is 0.282 e. The number of carbonyl (C=O) groups is 2. The smallest absolute Gasteiger partial charge is 0.282 e. The second-order valence-electron chi connectivity index (χ2n) is 6.33. The molecule has 1 aliphatic rings. The summed E-state index contributed by atoms with van der Waals surface area (Å²) in [6.45, 7) is 4.71. The van der Waals surface area contributed by atoms with E-state index < -0.39 is 11.8 Å². The largest absolute Gasteiger partial charge is 0.493 e. The Morgan fingerprint density at radius 2 is 1.69 bits per heavy atom. The molecule has 0 aromatic heterocycles. The molecule has 0 atom stereocenters. The van der Waals surface area contributed by atoms with E-state index >= 15 is 0 Å². The van der Waals surface area contributed by atoms with Crippen LogP contribution in [0.15, 0.2) is 47.6 Å². The molecule has 0 bridgehead atoms. The van der Waals surface area contributed by atoms with Gasteiger partial charge in [-0.05, 0) is 41.8 Å². The highest BCUT2D eigenvalue weighted by Crippen LogP contribution is 2.28. The van der Waals surface area contributed by atoms with Crippen LogP contribution in [0.25, 0.3) is 0 Å². The van der Waals surface area contributed by atoms with Crippen LogP contribution in [0.1, 0.15) is 40.1 Å². The van der Waals surface area contributed by atoms with Gasteiger partial charge in [0.15, 0.2) is 11.5 Å². The number of nitrogens with zero attached hydrogens (tertiary/aromatic N) is 2. The third kappa shape index (κ3) is 3.44. The molecule has 2 aromatic rings. The zero-order chi connectivity index (χ0) is 18.7. The lowest BCUT2D eigenvalue weighted by Gasteiger charge is -2.13. The minimum absolute atomic E-state index is 0.365. The number of benzene rings is 2. The zero-order valence-corrected chi connectivity index (χ0v) is 14.9. The summed E-state index contributed by atoms with van der Waals surface area (Å²) in [7, 11) is 1.56. The fourth-order valence-electron chi connectivity index (χ4n) is 2.55. The van der Waals surface area contributed by atoms with Crippen LogP contribution in [-0.2, 0) is 0 Å². The molecule has 1 heterocycles. The number of carbonyl (C=O) groups excluding carboxylic acids is 2. The number of ether oxygens (including phenoxy) is 2. The van der Waals surface area contributed by atoms with Gasteiger partial charge in [-0.1, -0.05) is 26.0 Å². The third-order valence-electron chi connectivity index (χ3n) is 3.85. The Morgan fingerprint density at radius 1 is 1.04 bits per heavy atom. The maximum atomic E-state index is 12.3. The summed E-state index contributed by atoms with van der Waals surface area (Å²) in [5.74, 6) is 0.752. The summed E-state index contributed by atoms with van der Waals surface area (Å²) in [6.07, 6.45) is 1.45. The lowest BCUT2D eigenvalue weighted by molar-refractivity contribution is 0.0660. The van der Waals surface area contributed by atoms with Crippen molar-refractivity contribution in [1.82, 2.24) is 5.01 Å². The average Bonchev–Trinajstić information content (AvgIpc) is 2.89. The fraction of sp³-hybridized carbons (Fsp3) is 0.250. The van der Waals surface area contributed by atoms with Crippen molar-refractivity contribution in [3.63, 3.8) is 0 Å². The van der Waals surface area contributed by atoms with E-state index in [1.165, 1.54) is 6.21 Å². The van der Waals surface area contributed by atoms with Crippen LogP contribution in [0.4, 0.5) is 0 Å². The summed E-state index contributed by atoms with van der Waals surface area (Å²) in [6, 6.07) is 12.0. The van der Waals surface area contributed by atoms with Crippen LogP contribution in [0.5, 0.6) is 11.5 Å². The third-order valence-corrected chi connectivity index (χ3v) is 3.85. The van der Waals surface area contributed by atoms with Crippen LogP contribution in [-0.4, -0.2) is 36.8 Å². The second-order valence-corrected chi connectivity index (χ2v) is 6.33. The van der Waals surface area contributed by atoms with Gasteiger partial charge in [-0.3, -0.25) is 9.59 Å². The highest BCUT2D eigenvalue weighted by Gasteiger charge is 2.35. The fourth-order valence-corrected chi connectivity index (χ4v) is 2.55. The van der Waals surface area contributed by atoms with E-state index in [4.69, 9.17) is 9.47 Å². The van der Waals surface area contributed by atoms with Crippen LogP contribution in [0.3, 0.4) is 0 Å². The first-order valence-corrected chi connectivity index (χ1v) is 8.34. The monoisotopic (exact) mass is 352 g/mol. The molecule has 134 valence electrons. The zero-order valence-electron chi connectivity index (χ0n) is 14.9. The summed E-state index contributed by atoms with van der Waals surface area (Å²) in [5, 5.41) is 4.94. The van der Waals surface area contributed by atoms with Gasteiger partial charge in [-0.25, -0.2) is 0 Å². The lowest BCUT2D eigenvalue weighted by Crippen LogP contribution is -2.24. The van der Waals surface area contributed by atoms with Crippen LogP contribution >= 0.6 is 0 Å². The standard InChI is InChI=1S/C20H20N2O4/c1-13(2)12-26-17-9-8-14(10-18(17)25-3)11-21-22-19(23)15-6-4-5-7-16(15)20(22)24/h4-11,13H,12H2,1-3H3. The van der Waals surface area contributed by atoms with Gasteiger partial charge in [0, 0.05) is 0 Å². The second kappa shape index (κ2) is 7.39. The van der Waals surface area contributed by atoms with Crippen LogP contribution in [0, 0.1) is 5.92 Å². The number of imide groups is 1. The van der Waals surface area contributed by atoms with E-state index in [2.05, 4.69) is 18.9 Å². The summed E-state index contributed by atoms with van der Waals surface area (Å²) in [5.41, 5.74) is 1.42. The van der Waals surface area contributed by atoms with E-state index in [0.29, 0.717) is 40.7 Å². The first kappa shape index (κ1) is 17.7. The van der Waals surface area contributed by atoms with Crippen molar-refractivity contribution in [1.29, 1.82) is 0 Å². The van der Waals surface area contributed by atoms with Gasteiger partial charge in [-0.2, -0.15) is 10.1 Å². The molecule has 0 saturated carbocycles. The molecule has 6 nitrogen and oxygen atoms in total. The molecule has 0 N–H and O–H groups in total. The number of amides is 2. The lowest BCUT2D eigenvalue weighted by atomic mass is 10.1. The number of hydrogen-bond donors (Lipinski definition) is 0. The Hall–Kier alpha value is -3.15. The molecule has 3 rings (SSSR count). The van der Waals surface area contributed by atoms with Gasteiger partial charge >= 0.3 is 0 Å². The van der Waals surface area contributed by atoms with Crippen molar-refractivity contribution < 1.29 is 19.1 Å². The molecule has 6 heteroatoms. The Kier molecular flexibility index (Phi) is 5.02. The Bertz CT molecular complexity index is 839. The molecule has 0 fully saturated rings. The highest BCUT2D eigenvalue weighted by atomic mass is 16.5. The Labute approximate surface area is 152 Å². The minimum atomic E-state index is -0.425. The van der Waals surface area contributed by atoms with Crippen molar-refractivity contribution in [2.45, 2.75) is 13.8 Å². The van der Waals surface area contributed by atoms with E-state index in [-0.39, 0.29) is 0 Å². The minimum Gasteiger partial charge on any atom is -0.493 e. The highest BCUT2D eigenvalue weighted by molar-refractivity contribution is 6.21. The number of rotatable bonds is 6. The molecular formula is C20H20N2O4. The van der Waals surface area contributed by atoms with Crippen LogP contribution < -0.4 is 9.47 Å². The van der Waals surface area contributed by atoms with Gasteiger partial charge < -0.3 is 9.47 Å². The van der Waals surface area contributed by atoms with Crippen molar-refractivity contribution in [3.05, 3.63) is 59.2 Å². The molecule has 0 spiro atoms. The topological polar surface area (TPSA) is 68.2 Å². The van der Waals surface area contributed by atoms with Gasteiger partial charge in [0.05, 0.1) is 31.1 Å².